The second kappa shape index (κ2) is 8.32. The number of hydrogen-bond acceptors (Lipinski definition) is 6. The molecule has 2 aromatic rings. The molecule has 4 N–H and O–H groups in total. The monoisotopic (exact) mass is 365 g/mol. The van der Waals surface area contributed by atoms with E-state index in [0.29, 0.717) is 22.4 Å². The highest BCUT2D eigenvalue weighted by Gasteiger charge is 2.24. The lowest BCUT2D eigenvalue weighted by atomic mass is 10.1. The van der Waals surface area contributed by atoms with Crippen LogP contribution in [0.25, 0.3) is 10.9 Å². The van der Waals surface area contributed by atoms with Crippen molar-refractivity contribution in [3.8, 4) is 0 Å². The van der Waals surface area contributed by atoms with E-state index in [0.717, 1.165) is 0 Å². The minimum atomic E-state index is -0.152. The number of hydrogen-bond donors (Lipinski definition) is 3. The average molecular weight is 366 g/mol. The Hall–Kier alpha value is -1.83. The predicted molar refractivity (Wildman–Crippen MR) is 103 cm³/mol. The third kappa shape index (κ3) is 3.98. The van der Waals surface area contributed by atoms with Crippen molar-refractivity contribution in [3.63, 3.8) is 0 Å². The largest absolute Gasteiger partial charge is 0.404 e. The zero-order chi connectivity index (χ0) is 17.7. The summed E-state index contributed by atoms with van der Waals surface area (Å²) in [7, 11) is 1.65. The minimum Gasteiger partial charge on any atom is -0.404 e. The van der Waals surface area contributed by atoms with Crippen LogP contribution in [-0.2, 0) is 6.54 Å². The van der Waals surface area contributed by atoms with Gasteiger partial charge in [-0.25, -0.2) is 4.98 Å². The maximum absolute atomic E-state index is 12.7. The van der Waals surface area contributed by atoms with Crippen LogP contribution in [0.4, 0.5) is 0 Å². The number of fused-ring (bicyclic) bond motifs is 1. The van der Waals surface area contributed by atoms with Crippen molar-refractivity contribution in [1.29, 1.82) is 0 Å². The fourth-order valence-corrected chi connectivity index (χ4v) is 2.73. The lowest BCUT2D eigenvalue weighted by Crippen LogP contribution is -2.24. The van der Waals surface area contributed by atoms with Crippen LogP contribution in [-0.4, -0.2) is 22.8 Å². The van der Waals surface area contributed by atoms with Crippen molar-refractivity contribution in [3.05, 3.63) is 51.2 Å². The number of benzene rings is 1. The molecule has 1 aliphatic carbocycles. The van der Waals surface area contributed by atoms with Crippen molar-refractivity contribution in [1.82, 2.24) is 9.55 Å². The number of rotatable bonds is 4. The quantitative estimate of drug-likeness (QED) is 0.439. The first-order chi connectivity index (χ1) is 11.6. The van der Waals surface area contributed by atoms with Gasteiger partial charge < -0.3 is 5.73 Å². The van der Waals surface area contributed by atoms with Crippen LogP contribution < -0.4 is 16.4 Å². The van der Waals surface area contributed by atoms with Gasteiger partial charge in [0.05, 0.1) is 17.4 Å². The predicted octanol–water partition coefficient (Wildman–Crippen LogP) is 2.26. The molecule has 0 spiro atoms. The van der Waals surface area contributed by atoms with Crippen LogP contribution in [0.15, 0.2) is 39.8 Å². The summed E-state index contributed by atoms with van der Waals surface area (Å²) >= 11 is 9.19. The van der Waals surface area contributed by atoms with Gasteiger partial charge in [-0.05, 0) is 48.1 Å². The molecule has 1 aromatic heterocycles. The molecule has 1 fully saturated rings. The van der Waals surface area contributed by atoms with E-state index in [1.54, 1.807) is 13.3 Å². The van der Waals surface area contributed by atoms with Gasteiger partial charge in [0.1, 0.15) is 0 Å². The van der Waals surface area contributed by atoms with E-state index in [4.69, 9.17) is 17.3 Å². The summed E-state index contributed by atoms with van der Waals surface area (Å²) in [5.74, 6) is 0.583. The molecule has 0 unspecified atom stereocenters. The Morgan fingerprint density at radius 2 is 2.21 bits per heavy atom. The van der Waals surface area contributed by atoms with E-state index in [9.17, 15) is 4.79 Å². The smallest absolute Gasteiger partial charge is 0.262 e. The Kier molecular flexibility index (Phi) is 6.42. The molecule has 1 saturated carbocycles. The summed E-state index contributed by atoms with van der Waals surface area (Å²) in [4.78, 5) is 21.0. The third-order valence-corrected chi connectivity index (χ3v) is 4.12. The van der Waals surface area contributed by atoms with Gasteiger partial charge in [0.15, 0.2) is 0 Å². The summed E-state index contributed by atoms with van der Waals surface area (Å²) in [5, 5.41) is 4.94. The molecule has 0 aliphatic heterocycles. The van der Waals surface area contributed by atoms with E-state index in [1.807, 2.05) is 18.2 Å². The van der Waals surface area contributed by atoms with Crippen molar-refractivity contribution in [2.75, 3.05) is 7.05 Å². The van der Waals surface area contributed by atoms with Gasteiger partial charge in [0.25, 0.3) is 5.56 Å². The van der Waals surface area contributed by atoms with E-state index in [2.05, 4.69) is 27.9 Å². The Morgan fingerprint density at radius 1 is 1.50 bits per heavy atom. The third-order valence-electron chi connectivity index (χ3n) is 3.83. The Balaban J connectivity index is 0.00000100. The maximum Gasteiger partial charge on any atom is 0.262 e. The number of aromatic nitrogens is 2. The molecule has 1 aromatic carbocycles. The molecule has 1 heterocycles. The Labute approximate surface area is 150 Å². The summed E-state index contributed by atoms with van der Waals surface area (Å²) < 4.78 is 1.42. The summed E-state index contributed by atoms with van der Waals surface area (Å²) in [6.07, 6.45) is 5.40. The number of nitrogens with two attached hydrogens (primary N) is 2. The maximum atomic E-state index is 12.7. The van der Waals surface area contributed by atoms with Crippen LogP contribution in [0.1, 0.15) is 24.3 Å². The first-order valence-electron chi connectivity index (χ1n) is 7.42. The number of nitrogens with zero attached hydrogens (tertiary/aromatic N) is 3. The van der Waals surface area contributed by atoms with Crippen LogP contribution in [0, 0.1) is 0 Å². The number of thiol groups is 1. The van der Waals surface area contributed by atoms with Gasteiger partial charge in [-0.15, -0.1) is 12.8 Å². The molecule has 6 nitrogen and oxygen atoms in total. The van der Waals surface area contributed by atoms with Crippen molar-refractivity contribution in [2.45, 2.75) is 25.3 Å². The highest BCUT2D eigenvalue weighted by Crippen LogP contribution is 2.40. The summed E-state index contributed by atoms with van der Waals surface area (Å²) in [6.45, 7) is 0.252. The van der Waals surface area contributed by atoms with Gasteiger partial charge in [0, 0.05) is 25.0 Å². The summed E-state index contributed by atoms with van der Waals surface area (Å²) in [6, 6.07) is 5.84. The standard InChI is InChI=1S/C16H17ClN4O.H3NS/c1-19-8-10(7-18)9-21-15(22)13-6-12(11-2-3-11)4-5-14(13)20-16(21)17;1-2/h4-8,11H,2-3,9,18H2,1H3;2H,1H2/b10-7+,19-8?;. The SMILES string of the molecule is CN=C/C(=C\N)Cn1c(Cl)nc2ccc(C3CC3)cc2c1=O.NS. The molecule has 3 rings (SSSR count). The molecule has 0 radical (unpaired) electrons. The van der Waals surface area contributed by atoms with Crippen LogP contribution in [0.5, 0.6) is 0 Å². The molecular weight excluding hydrogens is 346 g/mol. The Bertz CT molecular complexity index is 842. The second-order valence-electron chi connectivity index (χ2n) is 5.45. The normalized spacial score (nSPS) is 14.8. The molecule has 128 valence electrons. The first-order valence-corrected chi connectivity index (χ1v) is 8.32. The second-order valence-corrected chi connectivity index (χ2v) is 5.79. The topological polar surface area (TPSA) is 99.3 Å². The van der Waals surface area contributed by atoms with Gasteiger partial charge in [-0.1, -0.05) is 6.07 Å². The van der Waals surface area contributed by atoms with E-state index in [1.165, 1.54) is 29.2 Å². The van der Waals surface area contributed by atoms with Gasteiger partial charge in [-0.3, -0.25) is 19.5 Å². The molecule has 1 aliphatic rings. The van der Waals surface area contributed by atoms with E-state index >= 15 is 0 Å². The Morgan fingerprint density at radius 3 is 2.79 bits per heavy atom. The molecule has 0 bridgehead atoms. The fraction of sp³-hybridized carbons (Fsp3) is 0.312. The molecule has 0 saturated heterocycles. The van der Waals surface area contributed by atoms with Crippen LogP contribution in [0.3, 0.4) is 0 Å². The van der Waals surface area contributed by atoms with Gasteiger partial charge in [-0.2, -0.15) is 0 Å². The number of aliphatic imine (C=N–C) groups is 1. The van der Waals surface area contributed by atoms with Crippen LogP contribution >= 0.6 is 24.4 Å². The average Bonchev–Trinajstić information content (AvgIpc) is 3.44. The van der Waals surface area contributed by atoms with Gasteiger partial charge >= 0.3 is 0 Å². The van der Waals surface area contributed by atoms with E-state index < -0.39 is 0 Å². The zero-order valence-corrected chi connectivity index (χ0v) is 15.0. The number of halogens is 1. The molecular formula is C16H20ClN5OS. The summed E-state index contributed by atoms with van der Waals surface area (Å²) in [5.41, 5.74) is 7.93. The highest BCUT2D eigenvalue weighted by molar-refractivity contribution is 7.77. The lowest BCUT2D eigenvalue weighted by molar-refractivity contribution is 0.754. The van der Waals surface area contributed by atoms with Crippen LogP contribution in [0.2, 0.25) is 5.28 Å². The van der Waals surface area contributed by atoms with Gasteiger partial charge in [0.2, 0.25) is 5.28 Å². The van der Waals surface area contributed by atoms with Crippen molar-refractivity contribution in [2.24, 2.45) is 15.9 Å². The zero-order valence-electron chi connectivity index (χ0n) is 13.3. The molecule has 24 heavy (non-hydrogen) atoms. The fourth-order valence-electron chi connectivity index (χ4n) is 2.50. The van der Waals surface area contributed by atoms with E-state index in [-0.39, 0.29) is 17.4 Å². The molecule has 0 atom stereocenters. The lowest BCUT2D eigenvalue weighted by Gasteiger charge is -2.10. The number of allylic oxidation sites excluding steroid dienone is 1. The van der Waals surface area contributed by atoms with Crippen molar-refractivity contribution >= 4 is 41.5 Å². The van der Waals surface area contributed by atoms with Crippen molar-refractivity contribution < 1.29 is 0 Å². The molecule has 0 amide bonds. The highest BCUT2D eigenvalue weighted by atomic mass is 35.5. The molecule has 8 heteroatoms. The first kappa shape index (κ1) is 18.5. The minimum absolute atomic E-state index is 0.152.